The van der Waals surface area contributed by atoms with Gasteiger partial charge in [-0.05, 0) is 38.4 Å². The van der Waals surface area contributed by atoms with Crippen LogP contribution in [0.5, 0.6) is 0 Å². The highest BCUT2D eigenvalue weighted by atomic mass is 15.0. The maximum absolute atomic E-state index is 3.58. The molecule has 0 aliphatic heterocycles. The lowest BCUT2D eigenvalue weighted by atomic mass is 10.1. The lowest BCUT2D eigenvalue weighted by Crippen LogP contribution is -2.37. The Kier molecular flexibility index (Phi) is 3.04. The molecule has 1 saturated carbocycles. The van der Waals surface area contributed by atoms with Crippen molar-refractivity contribution < 1.29 is 0 Å². The van der Waals surface area contributed by atoms with Crippen molar-refractivity contribution in [3.8, 4) is 0 Å². The summed E-state index contributed by atoms with van der Waals surface area (Å²) in [6, 6.07) is 11.7. The van der Waals surface area contributed by atoms with Gasteiger partial charge in [0.2, 0.25) is 0 Å². The standard InChI is InChI=1S/C12H18N2/c1-13-11-8-5-9-12(11)14-10-6-3-2-4-7-10/h2-4,6-7,11-14H,5,8-9H2,1H3. The molecule has 1 fully saturated rings. The zero-order chi connectivity index (χ0) is 9.80. The number of likely N-dealkylation sites (N-methyl/N-ethyl adjacent to an activating group) is 1. The molecule has 2 rings (SSSR count). The van der Waals surface area contributed by atoms with Gasteiger partial charge in [0.05, 0.1) is 0 Å². The molecule has 0 aromatic heterocycles. The smallest absolute Gasteiger partial charge is 0.0414 e. The maximum atomic E-state index is 3.58. The molecule has 2 heteroatoms. The highest BCUT2D eigenvalue weighted by Crippen LogP contribution is 2.22. The van der Waals surface area contributed by atoms with Crippen molar-refractivity contribution in [1.29, 1.82) is 0 Å². The summed E-state index contributed by atoms with van der Waals surface area (Å²) >= 11 is 0. The number of hydrogen-bond donors (Lipinski definition) is 2. The second-order valence-corrected chi connectivity index (χ2v) is 3.94. The first kappa shape index (κ1) is 9.53. The van der Waals surface area contributed by atoms with Gasteiger partial charge in [-0.25, -0.2) is 0 Å². The van der Waals surface area contributed by atoms with Gasteiger partial charge in [-0.1, -0.05) is 18.2 Å². The average molecular weight is 190 g/mol. The number of para-hydroxylation sites is 1. The van der Waals surface area contributed by atoms with E-state index in [1.807, 2.05) is 0 Å². The van der Waals surface area contributed by atoms with Crippen molar-refractivity contribution in [3.05, 3.63) is 30.3 Å². The van der Waals surface area contributed by atoms with Crippen LogP contribution in [0.25, 0.3) is 0 Å². The Morgan fingerprint density at radius 1 is 1.07 bits per heavy atom. The van der Waals surface area contributed by atoms with Crippen LogP contribution in [-0.4, -0.2) is 19.1 Å². The largest absolute Gasteiger partial charge is 0.381 e. The van der Waals surface area contributed by atoms with Crippen LogP contribution in [0.4, 0.5) is 5.69 Å². The molecule has 76 valence electrons. The van der Waals surface area contributed by atoms with Gasteiger partial charge in [0.1, 0.15) is 0 Å². The fourth-order valence-electron chi connectivity index (χ4n) is 2.23. The number of nitrogens with one attached hydrogen (secondary N) is 2. The van der Waals surface area contributed by atoms with Crippen molar-refractivity contribution in [2.75, 3.05) is 12.4 Å². The third kappa shape index (κ3) is 2.07. The summed E-state index contributed by atoms with van der Waals surface area (Å²) in [5.41, 5.74) is 1.24. The van der Waals surface area contributed by atoms with Crippen LogP contribution in [0.1, 0.15) is 19.3 Å². The lowest BCUT2D eigenvalue weighted by Gasteiger charge is -2.21. The van der Waals surface area contributed by atoms with E-state index in [2.05, 4.69) is 48.0 Å². The Labute approximate surface area is 85.7 Å². The zero-order valence-electron chi connectivity index (χ0n) is 8.66. The highest BCUT2D eigenvalue weighted by Gasteiger charge is 2.25. The third-order valence-electron chi connectivity index (χ3n) is 3.01. The fourth-order valence-corrected chi connectivity index (χ4v) is 2.23. The quantitative estimate of drug-likeness (QED) is 0.764. The molecule has 2 unspecified atom stereocenters. The molecular weight excluding hydrogens is 172 g/mol. The summed E-state index contributed by atoms with van der Waals surface area (Å²) in [6.07, 6.45) is 3.90. The summed E-state index contributed by atoms with van der Waals surface area (Å²) in [6.45, 7) is 0. The molecule has 1 aromatic carbocycles. The number of benzene rings is 1. The first-order valence-corrected chi connectivity index (χ1v) is 5.39. The van der Waals surface area contributed by atoms with Gasteiger partial charge in [0.15, 0.2) is 0 Å². The van der Waals surface area contributed by atoms with E-state index in [0.29, 0.717) is 12.1 Å². The summed E-state index contributed by atoms with van der Waals surface area (Å²) in [5, 5.41) is 6.95. The van der Waals surface area contributed by atoms with E-state index in [0.717, 1.165) is 0 Å². The Bertz CT molecular complexity index is 271. The molecular formula is C12H18N2. The fraction of sp³-hybridized carbons (Fsp3) is 0.500. The molecule has 1 aromatic rings. The molecule has 0 radical (unpaired) electrons. The molecule has 0 saturated heterocycles. The van der Waals surface area contributed by atoms with E-state index in [4.69, 9.17) is 0 Å². The Morgan fingerprint density at radius 3 is 2.50 bits per heavy atom. The van der Waals surface area contributed by atoms with Crippen LogP contribution in [0.3, 0.4) is 0 Å². The van der Waals surface area contributed by atoms with Crippen LogP contribution in [0.15, 0.2) is 30.3 Å². The molecule has 14 heavy (non-hydrogen) atoms. The summed E-state index contributed by atoms with van der Waals surface area (Å²) < 4.78 is 0. The number of anilines is 1. The van der Waals surface area contributed by atoms with Crippen molar-refractivity contribution in [3.63, 3.8) is 0 Å². The topological polar surface area (TPSA) is 24.1 Å². The van der Waals surface area contributed by atoms with Gasteiger partial charge in [-0.3, -0.25) is 0 Å². The molecule has 2 nitrogen and oxygen atoms in total. The maximum Gasteiger partial charge on any atom is 0.0414 e. The summed E-state index contributed by atoms with van der Waals surface area (Å²) in [4.78, 5) is 0. The van der Waals surface area contributed by atoms with Crippen molar-refractivity contribution in [2.24, 2.45) is 0 Å². The molecule has 1 aliphatic rings. The van der Waals surface area contributed by atoms with Gasteiger partial charge in [0, 0.05) is 17.8 Å². The van der Waals surface area contributed by atoms with E-state index in [1.165, 1.54) is 24.9 Å². The minimum atomic E-state index is 0.599. The highest BCUT2D eigenvalue weighted by molar-refractivity contribution is 5.44. The Hall–Kier alpha value is -1.02. The molecule has 0 bridgehead atoms. The zero-order valence-corrected chi connectivity index (χ0v) is 8.66. The van der Waals surface area contributed by atoms with E-state index in [9.17, 15) is 0 Å². The molecule has 0 heterocycles. The monoisotopic (exact) mass is 190 g/mol. The molecule has 2 N–H and O–H groups in total. The minimum Gasteiger partial charge on any atom is -0.381 e. The molecule has 0 amide bonds. The predicted molar refractivity (Wildman–Crippen MR) is 60.6 cm³/mol. The first-order chi connectivity index (χ1) is 6.90. The Morgan fingerprint density at radius 2 is 1.79 bits per heavy atom. The van der Waals surface area contributed by atoms with E-state index >= 15 is 0 Å². The van der Waals surface area contributed by atoms with Gasteiger partial charge in [-0.2, -0.15) is 0 Å². The third-order valence-corrected chi connectivity index (χ3v) is 3.01. The first-order valence-electron chi connectivity index (χ1n) is 5.39. The van der Waals surface area contributed by atoms with E-state index < -0.39 is 0 Å². The van der Waals surface area contributed by atoms with Crippen LogP contribution in [0.2, 0.25) is 0 Å². The van der Waals surface area contributed by atoms with Gasteiger partial charge >= 0.3 is 0 Å². The average Bonchev–Trinajstić information content (AvgIpc) is 2.67. The summed E-state index contributed by atoms with van der Waals surface area (Å²) in [7, 11) is 2.05. The predicted octanol–water partition coefficient (Wildman–Crippen LogP) is 2.24. The SMILES string of the molecule is CNC1CCCC1Nc1ccccc1. The van der Waals surface area contributed by atoms with Gasteiger partial charge in [0.25, 0.3) is 0 Å². The molecule has 2 atom stereocenters. The molecule has 1 aliphatic carbocycles. The van der Waals surface area contributed by atoms with Crippen molar-refractivity contribution >= 4 is 5.69 Å². The molecule has 0 spiro atoms. The second-order valence-electron chi connectivity index (χ2n) is 3.94. The van der Waals surface area contributed by atoms with Crippen LogP contribution in [0, 0.1) is 0 Å². The van der Waals surface area contributed by atoms with E-state index in [1.54, 1.807) is 0 Å². The lowest BCUT2D eigenvalue weighted by molar-refractivity contribution is 0.541. The minimum absolute atomic E-state index is 0.599. The van der Waals surface area contributed by atoms with Crippen LogP contribution >= 0.6 is 0 Å². The van der Waals surface area contributed by atoms with Crippen molar-refractivity contribution in [1.82, 2.24) is 5.32 Å². The number of hydrogen-bond acceptors (Lipinski definition) is 2. The van der Waals surface area contributed by atoms with Gasteiger partial charge in [-0.15, -0.1) is 0 Å². The van der Waals surface area contributed by atoms with Crippen LogP contribution in [-0.2, 0) is 0 Å². The van der Waals surface area contributed by atoms with E-state index in [-0.39, 0.29) is 0 Å². The summed E-state index contributed by atoms with van der Waals surface area (Å²) in [5.74, 6) is 0. The normalized spacial score (nSPS) is 26.4. The Balaban J connectivity index is 1.97. The number of rotatable bonds is 3. The second kappa shape index (κ2) is 4.47. The van der Waals surface area contributed by atoms with Crippen LogP contribution < -0.4 is 10.6 Å². The van der Waals surface area contributed by atoms with Gasteiger partial charge < -0.3 is 10.6 Å². The van der Waals surface area contributed by atoms with Crippen molar-refractivity contribution in [2.45, 2.75) is 31.3 Å².